The van der Waals surface area contributed by atoms with E-state index in [4.69, 9.17) is 0 Å². The fraction of sp³-hybridized carbons (Fsp3) is 0.231. The number of benzene rings is 1. The highest BCUT2D eigenvalue weighted by Gasteiger charge is 2.09. The van der Waals surface area contributed by atoms with Gasteiger partial charge in [0.25, 0.3) is 0 Å². The summed E-state index contributed by atoms with van der Waals surface area (Å²) in [4.78, 5) is 1.47. The molecule has 0 saturated carbocycles. The van der Waals surface area contributed by atoms with Crippen LogP contribution >= 0.6 is 0 Å². The summed E-state index contributed by atoms with van der Waals surface area (Å²) in [7, 11) is 0. The minimum Gasteiger partial charge on any atom is -0.506 e. The van der Waals surface area contributed by atoms with Gasteiger partial charge in [-0.25, -0.2) is 0 Å². The molecule has 17 heavy (non-hydrogen) atoms. The van der Waals surface area contributed by atoms with Crippen molar-refractivity contribution in [3.8, 4) is 11.4 Å². The second-order valence-electron chi connectivity index (χ2n) is 3.95. The average Bonchev–Trinajstić information content (AvgIpc) is 2.64. The maximum atomic E-state index is 9.80. The van der Waals surface area contributed by atoms with Crippen molar-refractivity contribution >= 4 is 6.08 Å². The van der Waals surface area contributed by atoms with Crippen LogP contribution in [0.1, 0.15) is 23.9 Å². The predicted molar refractivity (Wildman–Crippen MR) is 67.2 cm³/mol. The van der Waals surface area contributed by atoms with Gasteiger partial charge in [0.2, 0.25) is 0 Å². The lowest BCUT2D eigenvalue weighted by atomic mass is 10.2. The number of phenols is 1. The molecule has 0 aliphatic heterocycles. The van der Waals surface area contributed by atoms with Crippen LogP contribution in [0.25, 0.3) is 11.8 Å². The van der Waals surface area contributed by atoms with Crippen LogP contribution < -0.4 is 0 Å². The molecule has 0 aliphatic rings. The maximum Gasteiger partial charge on any atom is 0.143 e. The zero-order valence-corrected chi connectivity index (χ0v) is 10.2. The van der Waals surface area contributed by atoms with Crippen LogP contribution in [-0.2, 0) is 0 Å². The van der Waals surface area contributed by atoms with Gasteiger partial charge in [0.15, 0.2) is 0 Å². The second kappa shape index (κ2) is 4.41. The van der Waals surface area contributed by atoms with Crippen LogP contribution in [0, 0.1) is 13.8 Å². The van der Waals surface area contributed by atoms with Crippen molar-refractivity contribution in [3.63, 3.8) is 0 Å². The van der Waals surface area contributed by atoms with Crippen LogP contribution in [0.15, 0.2) is 24.3 Å². The molecule has 4 nitrogen and oxygen atoms in total. The van der Waals surface area contributed by atoms with Crippen LogP contribution in [0.2, 0.25) is 0 Å². The molecule has 1 aromatic carbocycles. The van der Waals surface area contributed by atoms with Gasteiger partial charge in [0, 0.05) is 0 Å². The summed E-state index contributed by atoms with van der Waals surface area (Å²) >= 11 is 0. The Labute approximate surface area is 100 Å². The van der Waals surface area contributed by atoms with Crippen LogP contribution in [0.4, 0.5) is 0 Å². The van der Waals surface area contributed by atoms with Gasteiger partial charge in [-0.2, -0.15) is 5.10 Å². The standard InChI is InChI=1S/C13H15N3O/c1-4-5-11-10(3)14-16(15-11)12-8-9(2)6-7-13(12)17/h4-8,17H,1-3H3/b5-4-. The van der Waals surface area contributed by atoms with Crippen LogP contribution in [-0.4, -0.2) is 20.1 Å². The first-order valence-electron chi connectivity index (χ1n) is 5.48. The van der Waals surface area contributed by atoms with Gasteiger partial charge in [0.1, 0.15) is 17.1 Å². The second-order valence-corrected chi connectivity index (χ2v) is 3.95. The molecule has 2 rings (SSSR count). The number of aromatic hydroxyl groups is 1. The summed E-state index contributed by atoms with van der Waals surface area (Å²) in [6.45, 7) is 5.79. The molecule has 0 atom stereocenters. The molecule has 0 unspecified atom stereocenters. The molecular weight excluding hydrogens is 214 g/mol. The molecule has 0 saturated heterocycles. The minimum atomic E-state index is 0.178. The van der Waals surface area contributed by atoms with E-state index < -0.39 is 0 Å². The molecule has 0 fully saturated rings. The van der Waals surface area contributed by atoms with E-state index in [1.54, 1.807) is 6.07 Å². The number of hydrogen-bond acceptors (Lipinski definition) is 3. The Hall–Kier alpha value is -2.10. The Kier molecular flexibility index (Phi) is 2.95. The number of aromatic nitrogens is 3. The lowest BCUT2D eigenvalue weighted by molar-refractivity contribution is 0.467. The van der Waals surface area contributed by atoms with Crippen LogP contribution in [0.5, 0.6) is 5.75 Å². The Morgan fingerprint density at radius 1 is 1.24 bits per heavy atom. The van der Waals surface area contributed by atoms with Crippen molar-refractivity contribution in [2.75, 3.05) is 0 Å². The fourth-order valence-corrected chi connectivity index (χ4v) is 1.60. The Morgan fingerprint density at radius 2 is 2.00 bits per heavy atom. The highest BCUT2D eigenvalue weighted by atomic mass is 16.3. The highest BCUT2D eigenvalue weighted by Crippen LogP contribution is 2.22. The number of hydrogen-bond donors (Lipinski definition) is 1. The summed E-state index contributed by atoms with van der Waals surface area (Å²) in [5.41, 5.74) is 3.31. The summed E-state index contributed by atoms with van der Waals surface area (Å²) < 4.78 is 0. The van der Waals surface area contributed by atoms with Gasteiger partial charge in [-0.1, -0.05) is 12.1 Å². The van der Waals surface area contributed by atoms with E-state index in [1.807, 2.05) is 45.1 Å². The molecule has 2 aromatic rings. The normalized spacial score (nSPS) is 11.2. The quantitative estimate of drug-likeness (QED) is 0.861. The summed E-state index contributed by atoms with van der Waals surface area (Å²) in [5, 5.41) is 18.4. The summed E-state index contributed by atoms with van der Waals surface area (Å²) in [6.07, 6.45) is 3.81. The number of allylic oxidation sites excluding steroid dienone is 1. The molecule has 1 N–H and O–H groups in total. The zero-order chi connectivity index (χ0) is 12.4. The van der Waals surface area contributed by atoms with E-state index in [2.05, 4.69) is 10.2 Å². The van der Waals surface area contributed by atoms with Crippen molar-refractivity contribution in [2.45, 2.75) is 20.8 Å². The van der Waals surface area contributed by atoms with E-state index in [9.17, 15) is 5.11 Å². The van der Waals surface area contributed by atoms with Gasteiger partial charge in [-0.3, -0.25) is 0 Å². The SMILES string of the molecule is C/C=C\c1nn(-c2cc(C)ccc2O)nc1C. The van der Waals surface area contributed by atoms with Crippen molar-refractivity contribution in [3.05, 3.63) is 41.2 Å². The number of phenolic OH excluding ortho intramolecular Hbond substituents is 1. The van der Waals surface area contributed by atoms with E-state index in [0.29, 0.717) is 5.69 Å². The average molecular weight is 229 g/mol. The molecule has 1 aromatic heterocycles. The van der Waals surface area contributed by atoms with Gasteiger partial charge in [-0.05, 0) is 44.5 Å². The minimum absolute atomic E-state index is 0.178. The fourth-order valence-electron chi connectivity index (χ4n) is 1.60. The largest absolute Gasteiger partial charge is 0.506 e. The molecule has 88 valence electrons. The first kappa shape index (κ1) is 11.4. The van der Waals surface area contributed by atoms with Gasteiger partial charge < -0.3 is 5.11 Å². The smallest absolute Gasteiger partial charge is 0.143 e. The molecule has 0 aliphatic carbocycles. The topological polar surface area (TPSA) is 50.9 Å². The van der Waals surface area contributed by atoms with E-state index in [0.717, 1.165) is 17.0 Å². The third-order valence-electron chi connectivity index (χ3n) is 2.49. The molecule has 0 amide bonds. The Balaban J connectivity index is 2.53. The lowest BCUT2D eigenvalue weighted by Gasteiger charge is -2.03. The van der Waals surface area contributed by atoms with Gasteiger partial charge in [0.05, 0.1) is 5.69 Å². The van der Waals surface area contributed by atoms with E-state index >= 15 is 0 Å². The van der Waals surface area contributed by atoms with E-state index in [1.165, 1.54) is 4.80 Å². The van der Waals surface area contributed by atoms with Crippen molar-refractivity contribution in [1.82, 2.24) is 15.0 Å². The predicted octanol–water partition coefficient (Wildman–Crippen LogP) is 2.62. The van der Waals surface area contributed by atoms with Crippen molar-refractivity contribution in [1.29, 1.82) is 0 Å². The van der Waals surface area contributed by atoms with Crippen LogP contribution in [0.3, 0.4) is 0 Å². The number of rotatable bonds is 2. The Morgan fingerprint density at radius 3 is 2.71 bits per heavy atom. The lowest BCUT2D eigenvalue weighted by Crippen LogP contribution is -1.99. The first-order chi connectivity index (χ1) is 8.11. The third kappa shape index (κ3) is 2.20. The molecule has 1 heterocycles. The Bertz CT molecular complexity index is 570. The number of aryl methyl sites for hydroxylation is 2. The molecule has 4 heteroatoms. The summed E-state index contributed by atoms with van der Waals surface area (Å²) in [6, 6.07) is 5.36. The molecule has 0 radical (unpaired) electrons. The van der Waals surface area contributed by atoms with E-state index in [-0.39, 0.29) is 5.75 Å². The van der Waals surface area contributed by atoms with Gasteiger partial charge in [-0.15, -0.1) is 9.90 Å². The molecular formula is C13H15N3O. The first-order valence-corrected chi connectivity index (χ1v) is 5.48. The van der Waals surface area contributed by atoms with Crippen molar-refractivity contribution < 1.29 is 5.11 Å². The zero-order valence-electron chi connectivity index (χ0n) is 10.2. The van der Waals surface area contributed by atoms with Crippen molar-refractivity contribution in [2.24, 2.45) is 0 Å². The number of nitrogens with zero attached hydrogens (tertiary/aromatic N) is 3. The molecule has 0 spiro atoms. The monoisotopic (exact) mass is 229 g/mol. The summed E-state index contributed by atoms with van der Waals surface area (Å²) in [5.74, 6) is 0.178. The maximum absolute atomic E-state index is 9.80. The van der Waals surface area contributed by atoms with Gasteiger partial charge >= 0.3 is 0 Å². The third-order valence-corrected chi connectivity index (χ3v) is 2.49. The highest BCUT2D eigenvalue weighted by molar-refractivity contribution is 5.49. The molecule has 0 bridgehead atoms.